The van der Waals surface area contributed by atoms with E-state index in [2.05, 4.69) is 10.0 Å². The minimum absolute atomic E-state index is 0.00202. The molecule has 0 heterocycles. The van der Waals surface area contributed by atoms with Crippen LogP contribution in [0.2, 0.25) is 0 Å². The summed E-state index contributed by atoms with van der Waals surface area (Å²) < 4.78 is 27.4. The van der Waals surface area contributed by atoms with E-state index in [-0.39, 0.29) is 17.4 Å². The van der Waals surface area contributed by atoms with E-state index in [4.69, 9.17) is 5.11 Å². The highest BCUT2D eigenvalue weighted by molar-refractivity contribution is 7.92. The lowest BCUT2D eigenvalue weighted by Gasteiger charge is -2.11. The van der Waals surface area contributed by atoms with Crippen molar-refractivity contribution in [3.63, 3.8) is 0 Å². The Kier molecular flexibility index (Phi) is 5.94. The summed E-state index contributed by atoms with van der Waals surface area (Å²) in [5, 5.41) is 11.3. The molecule has 0 saturated carbocycles. The van der Waals surface area contributed by atoms with Gasteiger partial charge in [-0.1, -0.05) is 18.2 Å². The van der Waals surface area contributed by atoms with Crippen molar-refractivity contribution in [2.45, 2.75) is 18.2 Å². The summed E-state index contributed by atoms with van der Waals surface area (Å²) in [7, 11) is -3.71. The highest BCUT2D eigenvalue weighted by atomic mass is 32.2. The van der Waals surface area contributed by atoms with E-state index >= 15 is 0 Å². The van der Waals surface area contributed by atoms with Crippen LogP contribution in [0.15, 0.2) is 53.4 Å². The highest BCUT2D eigenvalue weighted by Crippen LogP contribution is 2.19. The molecule has 24 heavy (non-hydrogen) atoms. The van der Waals surface area contributed by atoms with Crippen LogP contribution in [0, 0.1) is 6.92 Å². The van der Waals surface area contributed by atoms with Crippen molar-refractivity contribution in [2.75, 3.05) is 17.9 Å². The average molecular weight is 348 g/mol. The minimum atomic E-state index is -3.71. The molecule has 2 aromatic rings. The average Bonchev–Trinajstić information content (AvgIpc) is 2.57. The minimum Gasteiger partial charge on any atom is -0.396 e. The first-order chi connectivity index (χ1) is 11.4. The number of aryl methyl sites for hydroxylation is 1. The van der Waals surface area contributed by atoms with Gasteiger partial charge in [-0.3, -0.25) is 9.52 Å². The summed E-state index contributed by atoms with van der Waals surface area (Å²) in [6, 6.07) is 12.8. The Morgan fingerprint density at radius 2 is 1.75 bits per heavy atom. The summed E-state index contributed by atoms with van der Waals surface area (Å²) in [6.45, 7) is 2.18. The molecular weight excluding hydrogens is 328 g/mol. The number of amides is 1. The molecule has 1 amide bonds. The number of aliphatic hydroxyl groups excluding tert-OH is 1. The molecule has 128 valence electrons. The molecule has 0 radical (unpaired) electrons. The van der Waals surface area contributed by atoms with Crippen LogP contribution < -0.4 is 10.0 Å². The predicted octanol–water partition coefficient (Wildman–Crippen LogP) is 1.91. The summed E-state index contributed by atoms with van der Waals surface area (Å²) in [6.07, 6.45) is 0.471. The number of nitrogens with one attached hydrogen (secondary N) is 2. The molecule has 2 aromatic carbocycles. The fourth-order valence-corrected chi connectivity index (χ4v) is 3.19. The van der Waals surface area contributed by atoms with Gasteiger partial charge >= 0.3 is 0 Å². The maximum atomic E-state index is 12.4. The first-order valence-electron chi connectivity index (χ1n) is 7.51. The maximum Gasteiger partial charge on any atom is 0.261 e. The van der Waals surface area contributed by atoms with Crippen LogP contribution in [0.1, 0.15) is 22.3 Å². The van der Waals surface area contributed by atoms with Gasteiger partial charge in [-0.2, -0.15) is 0 Å². The Morgan fingerprint density at radius 3 is 2.38 bits per heavy atom. The lowest BCUT2D eigenvalue weighted by atomic mass is 10.2. The van der Waals surface area contributed by atoms with Crippen LogP contribution in [-0.4, -0.2) is 32.6 Å². The van der Waals surface area contributed by atoms with E-state index in [1.54, 1.807) is 12.1 Å². The molecule has 3 N–H and O–H groups in total. The van der Waals surface area contributed by atoms with Crippen LogP contribution in [0.25, 0.3) is 0 Å². The van der Waals surface area contributed by atoms with Crippen molar-refractivity contribution in [1.82, 2.24) is 5.32 Å². The molecule has 6 nitrogen and oxygen atoms in total. The van der Waals surface area contributed by atoms with Crippen molar-refractivity contribution >= 4 is 21.6 Å². The number of carbonyl (C=O) groups is 1. The van der Waals surface area contributed by atoms with Gasteiger partial charge in [0.2, 0.25) is 0 Å². The number of benzene rings is 2. The number of hydrogen-bond donors (Lipinski definition) is 3. The normalized spacial score (nSPS) is 11.1. The van der Waals surface area contributed by atoms with E-state index in [1.807, 2.05) is 19.1 Å². The van der Waals surface area contributed by atoms with Gasteiger partial charge in [-0.25, -0.2) is 8.42 Å². The number of aliphatic hydroxyl groups is 1. The van der Waals surface area contributed by atoms with Gasteiger partial charge < -0.3 is 10.4 Å². The molecule has 0 bridgehead atoms. The van der Waals surface area contributed by atoms with Gasteiger partial charge in [-0.15, -0.1) is 0 Å². The fourth-order valence-electron chi connectivity index (χ4n) is 2.06. The van der Waals surface area contributed by atoms with Gasteiger partial charge in [0.15, 0.2) is 0 Å². The molecule has 0 aliphatic rings. The van der Waals surface area contributed by atoms with Crippen molar-refractivity contribution in [2.24, 2.45) is 0 Å². The quantitative estimate of drug-likeness (QED) is 0.666. The first kappa shape index (κ1) is 18.0. The zero-order valence-electron chi connectivity index (χ0n) is 13.3. The van der Waals surface area contributed by atoms with E-state index in [0.717, 1.165) is 5.56 Å². The number of carbonyl (C=O) groups excluding carboxylic acids is 1. The molecular formula is C17H20N2O4S. The zero-order valence-corrected chi connectivity index (χ0v) is 14.1. The largest absolute Gasteiger partial charge is 0.396 e. The molecule has 7 heteroatoms. The third kappa shape index (κ3) is 4.56. The number of hydrogen-bond acceptors (Lipinski definition) is 4. The predicted molar refractivity (Wildman–Crippen MR) is 92.5 cm³/mol. The molecule has 2 rings (SSSR count). The van der Waals surface area contributed by atoms with Crippen LogP contribution in [0.4, 0.5) is 5.69 Å². The Hall–Kier alpha value is -2.38. The Balaban J connectivity index is 2.12. The van der Waals surface area contributed by atoms with E-state index in [0.29, 0.717) is 24.2 Å². The number of para-hydroxylation sites is 1. The second kappa shape index (κ2) is 7.94. The van der Waals surface area contributed by atoms with Crippen molar-refractivity contribution in [1.29, 1.82) is 0 Å². The van der Waals surface area contributed by atoms with Crippen molar-refractivity contribution < 1.29 is 18.3 Å². The second-order valence-corrected chi connectivity index (χ2v) is 6.96. The zero-order chi connectivity index (χ0) is 17.6. The number of sulfonamides is 1. The standard InChI is InChI=1S/C17H20N2O4S/c1-13-5-2-3-6-16(13)19-24(22,23)15-9-7-14(8-10-15)17(21)18-11-4-12-20/h2-3,5-10,19-20H,4,11-12H2,1H3,(H,18,21). The molecule has 0 fully saturated rings. The van der Waals surface area contributed by atoms with Crippen LogP contribution in [0.5, 0.6) is 0 Å². The second-order valence-electron chi connectivity index (χ2n) is 5.28. The molecule has 0 aromatic heterocycles. The third-order valence-corrected chi connectivity index (χ3v) is 4.82. The molecule has 0 aliphatic carbocycles. The van der Waals surface area contributed by atoms with E-state index < -0.39 is 10.0 Å². The Bertz CT molecular complexity index is 802. The first-order valence-corrected chi connectivity index (χ1v) is 9.00. The molecule has 0 spiro atoms. The SMILES string of the molecule is Cc1ccccc1NS(=O)(=O)c1ccc(C(=O)NCCCO)cc1. The lowest BCUT2D eigenvalue weighted by molar-refractivity contribution is 0.0951. The smallest absolute Gasteiger partial charge is 0.261 e. The molecule has 0 unspecified atom stereocenters. The summed E-state index contributed by atoms with van der Waals surface area (Å²) in [5.74, 6) is -0.306. The third-order valence-electron chi connectivity index (χ3n) is 3.44. The monoisotopic (exact) mass is 348 g/mol. The highest BCUT2D eigenvalue weighted by Gasteiger charge is 2.16. The molecule has 0 saturated heterocycles. The number of rotatable bonds is 7. The summed E-state index contributed by atoms with van der Waals surface area (Å²) >= 11 is 0. The summed E-state index contributed by atoms with van der Waals surface area (Å²) in [4.78, 5) is 11.9. The lowest BCUT2D eigenvalue weighted by Crippen LogP contribution is -2.25. The van der Waals surface area contributed by atoms with E-state index in [9.17, 15) is 13.2 Å². The van der Waals surface area contributed by atoms with Crippen LogP contribution >= 0.6 is 0 Å². The van der Waals surface area contributed by atoms with Gasteiger partial charge in [0.05, 0.1) is 10.6 Å². The van der Waals surface area contributed by atoms with Crippen LogP contribution in [-0.2, 0) is 10.0 Å². The molecule has 0 aliphatic heterocycles. The van der Waals surface area contributed by atoms with Crippen molar-refractivity contribution in [3.8, 4) is 0 Å². The van der Waals surface area contributed by atoms with Gasteiger partial charge in [-0.05, 0) is 49.2 Å². The maximum absolute atomic E-state index is 12.4. The molecule has 0 atom stereocenters. The van der Waals surface area contributed by atoms with Crippen LogP contribution in [0.3, 0.4) is 0 Å². The van der Waals surface area contributed by atoms with Crippen molar-refractivity contribution in [3.05, 3.63) is 59.7 Å². The van der Waals surface area contributed by atoms with Gasteiger partial charge in [0.25, 0.3) is 15.9 Å². The topological polar surface area (TPSA) is 95.5 Å². The van der Waals surface area contributed by atoms with E-state index in [1.165, 1.54) is 24.3 Å². The Morgan fingerprint density at radius 1 is 1.08 bits per heavy atom. The van der Waals surface area contributed by atoms with Gasteiger partial charge in [0.1, 0.15) is 0 Å². The number of anilines is 1. The fraction of sp³-hybridized carbons (Fsp3) is 0.235. The van der Waals surface area contributed by atoms with Gasteiger partial charge in [0, 0.05) is 18.7 Å². The Labute approximate surface area is 141 Å². The summed E-state index contributed by atoms with van der Waals surface area (Å²) in [5.41, 5.74) is 1.70.